The molecule has 1 fully saturated rings. The summed E-state index contributed by atoms with van der Waals surface area (Å²) in [6.07, 6.45) is -0.616. The topological polar surface area (TPSA) is 61.9 Å². The monoisotopic (exact) mass is 374 g/mol. The molecule has 1 atom stereocenters. The standard InChI is InChI=1S/C19H17F3N4O/c20-19(21,22)16-14-10-13(11-23-17(14)25-24-16)18(27)26-9-5-4-8-15(26)12-6-2-1-3-7-12/h1-3,6-7,10-11,15H,4-5,8-9H2,(H,23,24,25)/t15-/m0/s1. The minimum atomic E-state index is -4.61. The van der Waals surface area contributed by atoms with E-state index in [0.29, 0.717) is 6.54 Å². The number of likely N-dealkylation sites (tertiary alicyclic amines) is 1. The SMILES string of the molecule is O=C(c1cnc2[nH]nc(C(F)(F)F)c2c1)N1CCCC[C@H]1c1ccccc1. The van der Waals surface area contributed by atoms with E-state index in [-0.39, 0.29) is 28.5 Å². The van der Waals surface area contributed by atoms with Crippen LogP contribution in [-0.4, -0.2) is 32.5 Å². The third-order valence-electron chi connectivity index (χ3n) is 4.88. The van der Waals surface area contributed by atoms with Crippen LogP contribution >= 0.6 is 0 Å². The summed E-state index contributed by atoms with van der Waals surface area (Å²) in [5.74, 6) is -0.313. The Morgan fingerprint density at radius 3 is 2.70 bits per heavy atom. The Morgan fingerprint density at radius 1 is 1.19 bits per heavy atom. The van der Waals surface area contributed by atoms with Gasteiger partial charge in [0.1, 0.15) is 0 Å². The molecule has 140 valence electrons. The fraction of sp³-hybridized carbons (Fsp3) is 0.316. The molecule has 0 saturated carbocycles. The number of fused-ring (bicyclic) bond motifs is 1. The van der Waals surface area contributed by atoms with Crippen molar-refractivity contribution in [3.05, 3.63) is 59.4 Å². The lowest BCUT2D eigenvalue weighted by molar-refractivity contribution is -0.139. The minimum Gasteiger partial charge on any atom is -0.332 e. The van der Waals surface area contributed by atoms with Gasteiger partial charge in [-0.1, -0.05) is 30.3 Å². The van der Waals surface area contributed by atoms with E-state index in [1.807, 2.05) is 30.3 Å². The van der Waals surface area contributed by atoms with Crippen molar-refractivity contribution in [1.82, 2.24) is 20.1 Å². The Morgan fingerprint density at radius 2 is 1.96 bits per heavy atom. The lowest BCUT2D eigenvalue weighted by Gasteiger charge is -2.36. The number of benzene rings is 1. The molecule has 1 N–H and O–H groups in total. The van der Waals surface area contributed by atoms with Gasteiger partial charge in [-0.3, -0.25) is 9.89 Å². The fourth-order valence-electron chi connectivity index (χ4n) is 3.60. The molecule has 3 heterocycles. The van der Waals surface area contributed by atoms with Crippen molar-refractivity contribution in [2.45, 2.75) is 31.5 Å². The molecule has 1 aliphatic heterocycles. The molecule has 0 radical (unpaired) electrons. The Labute approximate surface area is 153 Å². The van der Waals surface area contributed by atoms with Gasteiger partial charge in [0, 0.05) is 12.7 Å². The summed E-state index contributed by atoms with van der Waals surface area (Å²) in [5, 5.41) is 5.38. The molecule has 8 heteroatoms. The second-order valence-corrected chi connectivity index (χ2v) is 6.61. The number of alkyl halides is 3. The molecule has 27 heavy (non-hydrogen) atoms. The van der Waals surface area contributed by atoms with Gasteiger partial charge in [0.25, 0.3) is 5.91 Å². The highest BCUT2D eigenvalue weighted by Gasteiger charge is 2.37. The fourth-order valence-corrected chi connectivity index (χ4v) is 3.60. The van der Waals surface area contributed by atoms with Gasteiger partial charge in [-0.15, -0.1) is 0 Å². The lowest BCUT2D eigenvalue weighted by Crippen LogP contribution is -2.38. The number of hydrogen-bond acceptors (Lipinski definition) is 3. The van der Waals surface area contributed by atoms with Crippen molar-refractivity contribution in [2.75, 3.05) is 6.54 Å². The van der Waals surface area contributed by atoms with Crippen molar-refractivity contribution in [3.8, 4) is 0 Å². The first kappa shape index (κ1) is 17.5. The molecule has 5 nitrogen and oxygen atoms in total. The predicted octanol–water partition coefficient (Wildman–Crippen LogP) is 4.34. The van der Waals surface area contributed by atoms with E-state index in [1.54, 1.807) is 4.90 Å². The zero-order valence-electron chi connectivity index (χ0n) is 14.3. The van der Waals surface area contributed by atoms with Crippen LogP contribution < -0.4 is 0 Å². The number of carbonyl (C=O) groups excluding carboxylic acids is 1. The summed E-state index contributed by atoms with van der Waals surface area (Å²) >= 11 is 0. The summed E-state index contributed by atoms with van der Waals surface area (Å²) in [6, 6.07) is 10.8. The zero-order chi connectivity index (χ0) is 19.0. The van der Waals surface area contributed by atoms with Gasteiger partial charge in [0.05, 0.1) is 17.0 Å². The van der Waals surface area contributed by atoms with Crippen LogP contribution in [0.5, 0.6) is 0 Å². The van der Waals surface area contributed by atoms with Gasteiger partial charge in [0.15, 0.2) is 11.3 Å². The summed E-state index contributed by atoms with van der Waals surface area (Å²) in [6.45, 7) is 0.563. The Bertz CT molecular complexity index is 968. The van der Waals surface area contributed by atoms with Crippen molar-refractivity contribution in [2.24, 2.45) is 0 Å². The quantitative estimate of drug-likeness (QED) is 0.726. The van der Waals surface area contributed by atoms with Gasteiger partial charge in [-0.25, -0.2) is 4.98 Å². The average molecular weight is 374 g/mol. The van der Waals surface area contributed by atoms with E-state index in [2.05, 4.69) is 15.2 Å². The predicted molar refractivity (Wildman–Crippen MR) is 93.0 cm³/mol. The lowest BCUT2D eigenvalue weighted by atomic mass is 9.94. The molecule has 1 aromatic carbocycles. The van der Waals surface area contributed by atoms with Crippen LogP contribution in [0.15, 0.2) is 42.6 Å². The maximum absolute atomic E-state index is 13.1. The molecule has 1 aliphatic rings. The van der Waals surface area contributed by atoms with Crippen LogP contribution in [0, 0.1) is 0 Å². The highest BCUT2D eigenvalue weighted by atomic mass is 19.4. The highest BCUT2D eigenvalue weighted by molar-refractivity contribution is 5.97. The zero-order valence-corrected chi connectivity index (χ0v) is 14.3. The van der Waals surface area contributed by atoms with Gasteiger partial charge >= 0.3 is 6.18 Å². The Balaban J connectivity index is 1.70. The molecular weight excluding hydrogens is 357 g/mol. The van der Waals surface area contributed by atoms with E-state index in [4.69, 9.17) is 0 Å². The number of nitrogens with one attached hydrogen (secondary N) is 1. The van der Waals surface area contributed by atoms with Crippen LogP contribution in [-0.2, 0) is 6.18 Å². The highest BCUT2D eigenvalue weighted by Crippen LogP contribution is 2.34. The summed E-state index contributed by atoms with van der Waals surface area (Å²) in [4.78, 5) is 18.8. The van der Waals surface area contributed by atoms with E-state index >= 15 is 0 Å². The number of hydrogen-bond donors (Lipinski definition) is 1. The van der Waals surface area contributed by atoms with Crippen LogP contribution in [0.25, 0.3) is 11.0 Å². The molecule has 0 aliphatic carbocycles. The number of aromatic amines is 1. The first-order chi connectivity index (χ1) is 12.9. The largest absolute Gasteiger partial charge is 0.435 e. The number of carbonyl (C=O) groups is 1. The van der Waals surface area contributed by atoms with Gasteiger partial charge in [-0.2, -0.15) is 18.3 Å². The molecule has 1 amide bonds. The van der Waals surface area contributed by atoms with Crippen molar-refractivity contribution in [1.29, 1.82) is 0 Å². The number of amides is 1. The molecule has 4 rings (SSSR count). The maximum atomic E-state index is 13.1. The second kappa shape index (κ2) is 6.68. The number of piperidine rings is 1. The molecule has 0 spiro atoms. The van der Waals surface area contributed by atoms with Gasteiger partial charge in [-0.05, 0) is 30.9 Å². The first-order valence-electron chi connectivity index (χ1n) is 8.72. The third kappa shape index (κ3) is 3.27. The summed E-state index contributed by atoms with van der Waals surface area (Å²) < 4.78 is 39.3. The Kier molecular flexibility index (Phi) is 4.33. The number of aromatic nitrogens is 3. The van der Waals surface area contributed by atoms with Crippen molar-refractivity contribution < 1.29 is 18.0 Å². The molecular formula is C19H17F3N4O. The maximum Gasteiger partial charge on any atom is 0.435 e. The van der Waals surface area contributed by atoms with Crippen LogP contribution in [0.2, 0.25) is 0 Å². The van der Waals surface area contributed by atoms with E-state index in [1.165, 1.54) is 12.3 Å². The number of H-pyrrole nitrogens is 1. The van der Waals surface area contributed by atoms with Crippen LogP contribution in [0.1, 0.15) is 46.9 Å². The molecule has 0 unspecified atom stereocenters. The normalized spacial score (nSPS) is 18.0. The van der Waals surface area contributed by atoms with Crippen molar-refractivity contribution >= 4 is 16.9 Å². The minimum absolute atomic E-state index is 0.0112. The number of pyridine rings is 1. The molecule has 0 bridgehead atoms. The Hall–Kier alpha value is -2.90. The molecule has 2 aromatic heterocycles. The average Bonchev–Trinajstić information content (AvgIpc) is 3.12. The van der Waals surface area contributed by atoms with Gasteiger partial charge in [0.2, 0.25) is 0 Å². The number of halogens is 3. The summed E-state index contributed by atoms with van der Waals surface area (Å²) in [7, 11) is 0. The van der Waals surface area contributed by atoms with E-state index < -0.39 is 11.9 Å². The van der Waals surface area contributed by atoms with Crippen molar-refractivity contribution in [3.63, 3.8) is 0 Å². The third-order valence-corrected chi connectivity index (χ3v) is 4.88. The number of nitrogens with zero attached hydrogens (tertiary/aromatic N) is 3. The van der Waals surface area contributed by atoms with Crippen LogP contribution in [0.4, 0.5) is 13.2 Å². The number of rotatable bonds is 2. The summed E-state index contributed by atoms with van der Waals surface area (Å²) in [5.41, 5.74) is 0.117. The molecule has 3 aromatic rings. The van der Waals surface area contributed by atoms with E-state index in [9.17, 15) is 18.0 Å². The van der Waals surface area contributed by atoms with Crippen LogP contribution in [0.3, 0.4) is 0 Å². The smallest absolute Gasteiger partial charge is 0.332 e. The first-order valence-corrected chi connectivity index (χ1v) is 8.72. The molecule has 1 saturated heterocycles. The van der Waals surface area contributed by atoms with Gasteiger partial charge < -0.3 is 4.90 Å². The van der Waals surface area contributed by atoms with E-state index in [0.717, 1.165) is 24.8 Å². The second-order valence-electron chi connectivity index (χ2n) is 6.61.